The zero-order chi connectivity index (χ0) is 14.2. The fourth-order valence-electron chi connectivity index (χ4n) is 2.50. The van der Waals surface area contributed by atoms with Gasteiger partial charge in [-0.2, -0.15) is 0 Å². The molecule has 1 saturated heterocycles. The quantitative estimate of drug-likeness (QED) is 0.857. The fraction of sp³-hybridized carbons (Fsp3) is 0.571. The predicted molar refractivity (Wildman–Crippen MR) is 79.5 cm³/mol. The smallest absolute Gasteiger partial charge is 0.261 e. The van der Waals surface area contributed by atoms with Gasteiger partial charge in [0, 0.05) is 5.69 Å². The Morgan fingerprint density at radius 1 is 1.58 bits per heavy atom. The van der Waals surface area contributed by atoms with Gasteiger partial charge in [-0.25, -0.2) is 0 Å². The standard InChI is InChI=1S/C14H20N2O2S/c1-9-4-5-11(12(15)19)13(17)16(9)8-10-6-7-14(2,3)18-10/h4-5,10H,6-8H2,1-3H3,(H2,15,19). The van der Waals surface area contributed by atoms with Crippen LogP contribution >= 0.6 is 12.2 Å². The molecule has 0 saturated carbocycles. The van der Waals surface area contributed by atoms with Gasteiger partial charge in [0.25, 0.3) is 5.56 Å². The Hall–Kier alpha value is -1.20. The molecule has 1 unspecified atom stereocenters. The Labute approximate surface area is 118 Å². The highest BCUT2D eigenvalue weighted by atomic mass is 32.1. The first-order valence-corrected chi connectivity index (χ1v) is 6.89. The lowest BCUT2D eigenvalue weighted by Gasteiger charge is -2.21. The molecule has 2 rings (SSSR count). The maximum atomic E-state index is 12.3. The average Bonchev–Trinajstić information content (AvgIpc) is 2.63. The predicted octanol–water partition coefficient (Wildman–Crippen LogP) is 1.75. The van der Waals surface area contributed by atoms with Crippen LogP contribution in [0.15, 0.2) is 16.9 Å². The van der Waals surface area contributed by atoms with E-state index < -0.39 is 0 Å². The van der Waals surface area contributed by atoms with Gasteiger partial charge in [-0.15, -0.1) is 0 Å². The zero-order valence-electron chi connectivity index (χ0n) is 11.6. The molecule has 4 nitrogen and oxygen atoms in total. The maximum Gasteiger partial charge on any atom is 0.261 e. The van der Waals surface area contributed by atoms with Crippen LogP contribution in [0.25, 0.3) is 0 Å². The highest BCUT2D eigenvalue weighted by molar-refractivity contribution is 7.80. The number of nitrogens with zero attached hydrogens (tertiary/aromatic N) is 1. The summed E-state index contributed by atoms with van der Waals surface area (Å²) in [6.07, 6.45) is 2.06. The second-order valence-corrected chi connectivity index (χ2v) is 6.15. The minimum absolute atomic E-state index is 0.0768. The summed E-state index contributed by atoms with van der Waals surface area (Å²) in [6.45, 7) is 6.62. The molecule has 0 radical (unpaired) electrons. The molecule has 0 aromatic carbocycles. The first-order valence-electron chi connectivity index (χ1n) is 6.48. The number of aryl methyl sites for hydroxylation is 1. The van der Waals surface area contributed by atoms with Gasteiger partial charge in [-0.3, -0.25) is 4.79 Å². The highest BCUT2D eigenvalue weighted by Gasteiger charge is 2.32. The molecule has 2 heterocycles. The third-order valence-corrected chi connectivity index (χ3v) is 3.82. The molecule has 1 aliphatic rings. The Morgan fingerprint density at radius 2 is 2.26 bits per heavy atom. The van der Waals surface area contributed by atoms with Crippen LogP contribution in [0.4, 0.5) is 0 Å². The molecule has 5 heteroatoms. The van der Waals surface area contributed by atoms with Crippen molar-refractivity contribution in [2.24, 2.45) is 5.73 Å². The van der Waals surface area contributed by atoms with Gasteiger partial charge in [-0.05, 0) is 45.7 Å². The number of thiocarbonyl (C=S) groups is 1. The van der Waals surface area contributed by atoms with Crippen LogP contribution in [-0.2, 0) is 11.3 Å². The Balaban J connectivity index is 2.28. The van der Waals surface area contributed by atoms with E-state index in [4.69, 9.17) is 22.7 Å². The Kier molecular flexibility index (Phi) is 3.78. The van der Waals surface area contributed by atoms with E-state index in [-0.39, 0.29) is 22.3 Å². The number of rotatable bonds is 3. The van der Waals surface area contributed by atoms with Gasteiger partial charge in [0.05, 0.1) is 23.8 Å². The summed E-state index contributed by atoms with van der Waals surface area (Å²) in [7, 11) is 0. The van der Waals surface area contributed by atoms with Crippen molar-refractivity contribution in [1.29, 1.82) is 0 Å². The van der Waals surface area contributed by atoms with Crippen molar-refractivity contribution in [3.05, 3.63) is 33.7 Å². The fourth-order valence-corrected chi connectivity index (χ4v) is 2.65. The molecule has 0 spiro atoms. The van der Waals surface area contributed by atoms with E-state index >= 15 is 0 Å². The first kappa shape index (κ1) is 14.2. The van der Waals surface area contributed by atoms with Crippen molar-refractivity contribution in [2.45, 2.75) is 51.9 Å². The van der Waals surface area contributed by atoms with Crippen molar-refractivity contribution in [3.63, 3.8) is 0 Å². The molecule has 1 aromatic rings. The van der Waals surface area contributed by atoms with E-state index in [1.54, 1.807) is 10.6 Å². The SMILES string of the molecule is Cc1ccc(C(N)=S)c(=O)n1CC1CCC(C)(C)O1. The molecule has 0 aliphatic carbocycles. The van der Waals surface area contributed by atoms with Gasteiger partial charge in [-0.1, -0.05) is 12.2 Å². The molecule has 1 fully saturated rings. The molecule has 104 valence electrons. The lowest BCUT2D eigenvalue weighted by molar-refractivity contribution is -0.0222. The number of pyridine rings is 1. The summed E-state index contributed by atoms with van der Waals surface area (Å²) in [5.74, 6) is 0. The molecule has 2 N–H and O–H groups in total. The lowest BCUT2D eigenvalue weighted by atomic mass is 10.1. The third kappa shape index (κ3) is 3.04. The van der Waals surface area contributed by atoms with Gasteiger partial charge in [0.15, 0.2) is 0 Å². The number of nitrogens with two attached hydrogens (primary N) is 1. The molecular formula is C14H20N2O2S. The largest absolute Gasteiger partial charge is 0.389 e. The first-order chi connectivity index (χ1) is 8.80. The van der Waals surface area contributed by atoms with Crippen LogP contribution in [0.2, 0.25) is 0 Å². The van der Waals surface area contributed by atoms with Crippen LogP contribution in [-0.4, -0.2) is 21.3 Å². The van der Waals surface area contributed by atoms with Crippen molar-refractivity contribution in [2.75, 3.05) is 0 Å². The molecule has 1 aromatic heterocycles. The average molecular weight is 280 g/mol. The summed E-state index contributed by atoms with van der Waals surface area (Å²) in [6, 6.07) is 3.56. The number of aromatic nitrogens is 1. The summed E-state index contributed by atoms with van der Waals surface area (Å²) >= 11 is 4.90. The number of hydrogen-bond donors (Lipinski definition) is 1. The minimum atomic E-state index is -0.124. The molecular weight excluding hydrogens is 260 g/mol. The van der Waals surface area contributed by atoms with Gasteiger partial charge < -0.3 is 15.0 Å². The number of hydrogen-bond acceptors (Lipinski definition) is 3. The van der Waals surface area contributed by atoms with Gasteiger partial charge >= 0.3 is 0 Å². The molecule has 0 amide bonds. The van der Waals surface area contributed by atoms with E-state index in [9.17, 15) is 4.79 Å². The molecule has 1 atom stereocenters. The maximum absolute atomic E-state index is 12.3. The van der Waals surface area contributed by atoms with Crippen LogP contribution in [0.5, 0.6) is 0 Å². The van der Waals surface area contributed by atoms with E-state index in [1.165, 1.54) is 0 Å². The van der Waals surface area contributed by atoms with Crippen LogP contribution in [0.1, 0.15) is 37.9 Å². The zero-order valence-corrected chi connectivity index (χ0v) is 12.4. The normalized spacial score (nSPS) is 21.5. The monoisotopic (exact) mass is 280 g/mol. The van der Waals surface area contributed by atoms with Crippen LogP contribution < -0.4 is 11.3 Å². The molecule has 0 bridgehead atoms. The van der Waals surface area contributed by atoms with E-state index in [1.807, 2.05) is 13.0 Å². The topological polar surface area (TPSA) is 57.2 Å². The summed E-state index contributed by atoms with van der Waals surface area (Å²) < 4.78 is 7.65. The van der Waals surface area contributed by atoms with E-state index in [0.717, 1.165) is 18.5 Å². The van der Waals surface area contributed by atoms with E-state index in [2.05, 4.69) is 13.8 Å². The third-order valence-electron chi connectivity index (χ3n) is 3.60. The Morgan fingerprint density at radius 3 is 2.79 bits per heavy atom. The summed E-state index contributed by atoms with van der Waals surface area (Å²) in [4.78, 5) is 12.5. The van der Waals surface area contributed by atoms with Gasteiger partial charge in [0.2, 0.25) is 0 Å². The minimum Gasteiger partial charge on any atom is -0.389 e. The van der Waals surface area contributed by atoms with Gasteiger partial charge in [0.1, 0.15) is 4.99 Å². The Bertz CT molecular complexity index is 563. The highest BCUT2D eigenvalue weighted by Crippen LogP contribution is 2.30. The van der Waals surface area contributed by atoms with Crippen molar-refractivity contribution in [1.82, 2.24) is 4.57 Å². The van der Waals surface area contributed by atoms with Crippen molar-refractivity contribution < 1.29 is 4.74 Å². The molecule has 19 heavy (non-hydrogen) atoms. The molecule has 1 aliphatic heterocycles. The van der Waals surface area contributed by atoms with E-state index in [0.29, 0.717) is 12.1 Å². The van der Waals surface area contributed by atoms with Crippen LogP contribution in [0, 0.1) is 6.92 Å². The van der Waals surface area contributed by atoms with Crippen LogP contribution in [0.3, 0.4) is 0 Å². The second kappa shape index (κ2) is 5.06. The summed E-state index contributed by atoms with van der Waals surface area (Å²) in [5, 5.41) is 0. The lowest BCUT2D eigenvalue weighted by Crippen LogP contribution is -2.34. The van der Waals surface area contributed by atoms with Crippen molar-refractivity contribution >= 4 is 17.2 Å². The second-order valence-electron chi connectivity index (χ2n) is 5.71. The van der Waals surface area contributed by atoms with Crippen molar-refractivity contribution in [3.8, 4) is 0 Å². The summed E-state index contributed by atoms with van der Waals surface area (Å²) in [5.41, 5.74) is 6.66. The number of ether oxygens (including phenoxy) is 1.